The van der Waals surface area contributed by atoms with Crippen LogP contribution in [-0.2, 0) is 14.3 Å². The topological polar surface area (TPSA) is 75.6 Å². The van der Waals surface area contributed by atoms with Crippen molar-refractivity contribution >= 4 is 11.9 Å². The molecule has 0 aromatic heterocycles. The summed E-state index contributed by atoms with van der Waals surface area (Å²) < 4.78 is 5.21. The van der Waals surface area contributed by atoms with Gasteiger partial charge in [0.1, 0.15) is 11.6 Å². The van der Waals surface area contributed by atoms with Gasteiger partial charge in [-0.3, -0.25) is 4.79 Å². The molecule has 0 spiro atoms. The quantitative estimate of drug-likeness (QED) is 0.774. The van der Waals surface area contributed by atoms with Crippen molar-refractivity contribution in [3.8, 4) is 0 Å². The minimum Gasteiger partial charge on any atom is -0.480 e. The Morgan fingerprint density at radius 1 is 1.37 bits per heavy atom. The lowest BCUT2D eigenvalue weighted by atomic mass is 9.75. The van der Waals surface area contributed by atoms with Gasteiger partial charge in [-0.25, -0.2) is 4.79 Å². The molecule has 0 aromatic carbocycles. The summed E-state index contributed by atoms with van der Waals surface area (Å²) in [6, 6.07) is 0. The average Bonchev–Trinajstić information content (AvgIpc) is 2.39. The molecule has 0 aromatic rings. The molecule has 0 saturated heterocycles. The molecule has 1 amide bonds. The summed E-state index contributed by atoms with van der Waals surface area (Å²) in [4.78, 5) is 23.5. The summed E-state index contributed by atoms with van der Waals surface area (Å²) in [6.45, 7) is 6.01. The monoisotopic (exact) mass is 271 g/mol. The number of carboxylic acid groups (broad SMARTS) is 1. The zero-order valence-electron chi connectivity index (χ0n) is 12.1. The molecular weight excluding hydrogens is 246 g/mol. The minimum absolute atomic E-state index is 0.334. The van der Waals surface area contributed by atoms with E-state index in [1.165, 1.54) is 0 Å². The van der Waals surface area contributed by atoms with Crippen LogP contribution >= 0.6 is 0 Å². The molecule has 1 aliphatic rings. The van der Waals surface area contributed by atoms with Crippen molar-refractivity contribution < 1.29 is 19.4 Å². The lowest BCUT2D eigenvalue weighted by molar-refractivity contribution is -0.151. The molecule has 0 aliphatic heterocycles. The van der Waals surface area contributed by atoms with Crippen molar-refractivity contribution in [2.24, 2.45) is 5.92 Å². The van der Waals surface area contributed by atoms with E-state index < -0.39 is 17.6 Å². The first-order valence-corrected chi connectivity index (χ1v) is 7.12. The van der Waals surface area contributed by atoms with Crippen molar-refractivity contribution in [3.05, 3.63) is 0 Å². The number of amides is 1. The smallest absolute Gasteiger partial charge is 0.329 e. The summed E-state index contributed by atoms with van der Waals surface area (Å²) >= 11 is 0. The third-order valence-electron chi connectivity index (χ3n) is 4.09. The molecule has 0 radical (unpaired) electrons. The summed E-state index contributed by atoms with van der Waals surface area (Å²) in [5.41, 5.74) is -1.10. The van der Waals surface area contributed by atoms with E-state index in [1.807, 2.05) is 6.92 Å². The van der Waals surface area contributed by atoms with Crippen LogP contribution < -0.4 is 5.32 Å². The molecule has 1 fully saturated rings. The van der Waals surface area contributed by atoms with Gasteiger partial charge in [-0.2, -0.15) is 0 Å². The number of rotatable bonds is 6. The lowest BCUT2D eigenvalue weighted by Crippen LogP contribution is -2.58. The van der Waals surface area contributed by atoms with Crippen LogP contribution in [-0.4, -0.2) is 35.2 Å². The van der Waals surface area contributed by atoms with Gasteiger partial charge in [0, 0.05) is 6.61 Å². The maximum absolute atomic E-state index is 12.0. The van der Waals surface area contributed by atoms with Crippen molar-refractivity contribution in [1.29, 1.82) is 0 Å². The first-order chi connectivity index (χ1) is 8.95. The second-order valence-electron chi connectivity index (χ2n) is 5.33. The molecule has 0 bridgehead atoms. The van der Waals surface area contributed by atoms with E-state index in [1.54, 1.807) is 6.92 Å². The summed E-state index contributed by atoms with van der Waals surface area (Å²) in [5.74, 6) is -0.688. The SMILES string of the molecule is CCOC(C)C(=O)NC1(C(=O)O)CCC(CC)CC1. The van der Waals surface area contributed by atoms with Crippen LogP contribution in [0.4, 0.5) is 0 Å². The molecule has 5 heteroatoms. The molecule has 2 N–H and O–H groups in total. The molecule has 19 heavy (non-hydrogen) atoms. The summed E-state index contributed by atoms with van der Waals surface area (Å²) in [5, 5.41) is 12.2. The van der Waals surface area contributed by atoms with E-state index in [2.05, 4.69) is 12.2 Å². The Bertz CT molecular complexity index is 321. The highest BCUT2D eigenvalue weighted by Gasteiger charge is 2.43. The van der Waals surface area contributed by atoms with E-state index in [0.717, 1.165) is 19.3 Å². The number of hydrogen-bond acceptors (Lipinski definition) is 3. The predicted octanol–water partition coefficient (Wildman–Crippen LogP) is 1.95. The summed E-state index contributed by atoms with van der Waals surface area (Å²) in [7, 11) is 0. The Balaban J connectivity index is 2.68. The molecular formula is C14H25NO4. The van der Waals surface area contributed by atoms with Crippen LogP contribution in [0.15, 0.2) is 0 Å². The molecule has 5 nitrogen and oxygen atoms in total. The number of carbonyl (C=O) groups is 2. The van der Waals surface area contributed by atoms with Gasteiger partial charge in [-0.15, -0.1) is 0 Å². The summed E-state index contributed by atoms with van der Waals surface area (Å²) in [6.07, 6.45) is 3.18. The van der Waals surface area contributed by atoms with Crippen molar-refractivity contribution in [2.75, 3.05) is 6.61 Å². The maximum atomic E-state index is 12.0. The van der Waals surface area contributed by atoms with Gasteiger partial charge in [0.2, 0.25) is 5.91 Å². The molecule has 1 rings (SSSR count). The van der Waals surface area contributed by atoms with Gasteiger partial charge in [0.05, 0.1) is 0 Å². The highest BCUT2D eigenvalue weighted by Crippen LogP contribution is 2.34. The van der Waals surface area contributed by atoms with E-state index in [-0.39, 0.29) is 5.91 Å². The third-order valence-corrected chi connectivity index (χ3v) is 4.09. The standard InChI is InChI=1S/C14H25NO4/c1-4-11-6-8-14(9-7-11,13(17)18)15-12(16)10(3)19-5-2/h10-11H,4-9H2,1-3H3,(H,15,16)(H,17,18). The van der Waals surface area contributed by atoms with Crippen LogP contribution in [0.1, 0.15) is 52.9 Å². The van der Waals surface area contributed by atoms with E-state index in [9.17, 15) is 14.7 Å². The Labute approximate surface area is 114 Å². The van der Waals surface area contributed by atoms with Crippen LogP contribution in [0.3, 0.4) is 0 Å². The van der Waals surface area contributed by atoms with Gasteiger partial charge in [0.15, 0.2) is 0 Å². The van der Waals surface area contributed by atoms with Crippen molar-refractivity contribution in [3.63, 3.8) is 0 Å². The van der Waals surface area contributed by atoms with Gasteiger partial charge < -0.3 is 15.2 Å². The van der Waals surface area contributed by atoms with Crippen LogP contribution in [0.25, 0.3) is 0 Å². The number of hydrogen-bond donors (Lipinski definition) is 2. The normalized spacial score (nSPS) is 28.7. The van der Waals surface area contributed by atoms with Gasteiger partial charge in [0.25, 0.3) is 0 Å². The average molecular weight is 271 g/mol. The number of carbonyl (C=O) groups excluding carboxylic acids is 1. The molecule has 1 unspecified atom stereocenters. The number of ether oxygens (including phenoxy) is 1. The lowest BCUT2D eigenvalue weighted by Gasteiger charge is -2.37. The largest absolute Gasteiger partial charge is 0.480 e. The Morgan fingerprint density at radius 3 is 2.37 bits per heavy atom. The molecule has 1 aliphatic carbocycles. The highest BCUT2D eigenvalue weighted by atomic mass is 16.5. The molecule has 1 atom stereocenters. The van der Waals surface area contributed by atoms with Crippen molar-refractivity contribution in [1.82, 2.24) is 5.32 Å². The molecule has 1 saturated carbocycles. The number of aliphatic carboxylic acids is 1. The Kier molecular flexibility index (Phi) is 5.79. The fourth-order valence-corrected chi connectivity index (χ4v) is 2.63. The van der Waals surface area contributed by atoms with Gasteiger partial charge in [-0.1, -0.05) is 13.3 Å². The maximum Gasteiger partial charge on any atom is 0.329 e. The second kappa shape index (κ2) is 6.89. The van der Waals surface area contributed by atoms with Crippen LogP contribution in [0.5, 0.6) is 0 Å². The minimum atomic E-state index is -1.10. The number of carboxylic acids is 1. The first-order valence-electron chi connectivity index (χ1n) is 7.12. The fraction of sp³-hybridized carbons (Fsp3) is 0.857. The predicted molar refractivity (Wildman–Crippen MR) is 71.8 cm³/mol. The zero-order chi connectivity index (χ0) is 14.5. The van der Waals surface area contributed by atoms with E-state index in [4.69, 9.17) is 4.74 Å². The van der Waals surface area contributed by atoms with Crippen LogP contribution in [0.2, 0.25) is 0 Å². The molecule has 110 valence electrons. The van der Waals surface area contributed by atoms with E-state index in [0.29, 0.717) is 25.4 Å². The highest BCUT2D eigenvalue weighted by molar-refractivity contribution is 5.89. The fourth-order valence-electron chi connectivity index (χ4n) is 2.63. The zero-order valence-corrected chi connectivity index (χ0v) is 12.1. The van der Waals surface area contributed by atoms with Crippen LogP contribution in [0, 0.1) is 5.92 Å². The van der Waals surface area contributed by atoms with Gasteiger partial charge >= 0.3 is 5.97 Å². The Morgan fingerprint density at radius 2 is 1.95 bits per heavy atom. The molecule has 0 heterocycles. The first kappa shape index (κ1) is 16.0. The Hall–Kier alpha value is -1.10. The van der Waals surface area contributed by atoms with Gasteiger partial charge in [-0.05, 0) is 45.4 Å². The van der Waals surface area contributed by atoms with Crippen molar-refractivity contribution in [2.45, 2.75) is 64.5 Å². The van der Waals surface area contributed by atoms with E-state index >= 15 is 0 Å². The third kappa shape index (κ3) is 3.93. The number of nitrogens with one attached hydrogen (secondary N) is 1. The second-order valence-corrected chi connectivity index (χ2v) is 5.33.